The van der Waals surface area contributed by atoms with Crippen molar-refractivity contribution >= 4 is 5.91 Å². The zero-order valence-corrected chi connectivity index (χ0v) is 18.9. The van der Waals surface area contributed by atoms with Crippen LogP contribution in [-0.4, -0.2) is 51.9 Å². The van der Waals surface area contributed by atoms with E-state index in [2.05, 4.69) is 5.10 Å². The molecule has 1 saturated heterocycles. The maximum absolute atomic E-state index is 12.8. The Balaban J connectivity index is 1.42. The summed E-state index contributed by atoms with van der Waals surface area (Å²) < 4.78 is 12.6. The van der Waals surface area contributed by atoms with E-state index >= 15 is 0 Å². The second-order valence-corrected chi connectivity index (χ2v) is 7.98. The van der Waals surface area contributed by atoms with Gasteiger partial charge in [-0.05, 0) is 49.7 Å². The van der Waals surface area contributed by atoms with Crippen LogP contribution in [0.2, 0.25) is 0 Å². The van der Waals surface area contributed by atoms with E-state index in [9.17, 15) is 9.59 Å². The molecule has 0 bridgehead atoms. The van der Waals surface area contributed by atoms with Gasteiger partial charge in [0, 0.05) is 24.7 Å². The van der Waals surface area contributed by atoms with Crippen molar-refractivity contribution in [1.29, 1.82) is 0 Å². The van der Waals surface area contributed by atoms with Gasteiger partial charge in [0.15, 0.2) is 0 Å². The molecule has 1 fully saturated rings. The van der Waals surface area contributed by atoms with Crippen molar-refractivity contribution in [2.24, 2.45) is 0 Å². The number of hydrogen-bond donors (Lipinski definition) is 0. The lowest BCUT2D eigenvalue weighted by molar-refractivity contribution is -0.140. The lowest BCUT2D eigenvalue weighted by Crippen LogP contribution is -2.45. The number of benzene rings is 1. The van der Waals surface area contributed by atoms with Gasteiger partial charge in [-0.15, -0.1) is 0 Å². The van der Waals surface area contributed by atoms with Gasteiger partial charge in [0.1, 0.15) is 18.4 Å². The number of carbonyl (C=O) groups excluding carboxylic acids is 1. The fourth-order valence-electron chi connectivity index (χ4n) is 3.80. The lowest BCUT2D eigenvalue weighted by atomic mass is 10.1. The van der Waals surface area contributed by atoms with E-state index < -0.39 is 0 Å². The predicted molar refractivity (Wildman–Crippen MR) is 123 cm³/mol. The molecular formula is C25H28N4O4. The Morgan fingerprint density at radius 2 is 1.97 bits per heavy atom. The highest BCUT2D eigenvalue weighted by atomic mass is 16.5. The van der Waals surface area contributed by atoms with Gasteiger partial charge < -0.3 is 14.4 Å². The van der Waals surface area contributed by atoms with Gasteiger partial charge in [0.25, 0.3) is 5.56 Å². The largest absolute Gasteiger partial charge is 0.494 e. The van der Waals surface area contributed by atoms with E-state index in [0.717, 1.165) is 22.7 Å². The van der Waals surface area contributed by atoms with Crippen LogP contribution in [0.4, 0.5) is 0 Å². The number of aryl methyl sites for hydroxylation is 1. The van der Waals surface area contributed by atoms with Gasteiger partial charge in [-0.3, -0.25) is 14.6 Å². The van der Waals surface area contributed by atoms with E-state index in [-0.39, 0.29) is 24.1 Å². The third kappa shape index (κ3) is 5.84. The third-order valence-corrected chi connectivity index (χ3v) is 5.48. The Kier molecular flexibility index (Phi) is 7.14. The molecule has 1 aliphatic heterocycles. The number of pyridine rings is 1. The first-order valence-electron chi connectivity index (χ1n) is 11.1. The lowest BCUT2D eigenvalue weighted by Gasteiger charge is -2.32. The van der Waals surface area contributed by atoms with Crippen LogP contribution in [0.1, 0.15) is 35.7 Å². The number of ether oxygens (including phenoxy) is 2. The Hall–Kier alpha value is -3.52. The highest BCUT2D eigenvalue weighted by Crippen LogP contribution is 2.22. The fourth-order valence-corrected chi connectivity index (χ4v) is 3.80. The van der Waals surface area contributed by atoms with Crippen LogP contribution in [0.15, 0.2) is 59.4 Å². The van der Waals surface area contributed by atoms with Crippen LogP contribution in [0.25, 0.3) is 0 Å². The minimum absolute atomic E-state index is 0.0849. The van der Waals surface area contributed by atoms with Crippen LogP contribution >= 0.6 is 0 Å². The topological polar surface area (TPSA) is 86.6 Å². The summed E-state index contributed by atoms with van der Waals surface area (Å²) in [5.41, 5.74) is 3.26. The summed E-state index contributed by atoms with van der Waals surface area (Å²) in [7, 11) is 0. The van der Waals surface area contributed by atoms with Gasteiger partial charge >= 0.3 is 0 Å². The summed E-state index contributed by atoms with van der Waals surface area (Å²) in [6.07, 6.45) is 0.377. The van der Waals surface area contributed by atoms with E-state index in [4.69, 9.17) is 14.5 Å². The summed E-state index contributed by atoms with van der Waals surface area (Å²) in [4.78, 5) is 31.3. The molecule has 172 valence electrons. The molecule has 33 heavy (non-hydrogen) atoms. The maximum Gasteiger partial charge on any atom is 0.267 e. The van der Waals surface area contributed by atoms with Gasteiger partial charge in [-0.1, -0.05) is 18.2 Å². The zero-order chi connectivity index (χ0) is 23.2. The number of morpholine rings is 1. The first-order valence-corrected chi connectivity index (χ1v) is 11.1. The molecule has 8 heteroatoms. The van der Waals surface area contributed by atoms with Crippen molar-refractivity contribution in [2.45, 2.75) is 32.9 Å². The van der Waals surface area contributed by atoms with Crippen molar-refractivity contribution in [3.8, 4) is 5.75 Å². The smallest absolute Gasteiger partial charge is 0.267 e. The van der Waals surface area contributed by atoms with E-state index in [0.29, 0.717) is 38.4 Å². The monoisotopic (exact) mass is 448 g/mol. The van der Waals surface area contributed by atoms with Crippen molar-refractivity contribution in [1.82, 2.24) is 19.7 Å². The van der Waals surface area contributed by atoms with Crippen molar-refractivity contribution in [2.75, 3.05) is 26.3 Å². The van der Waals surface area contributed by atoms with E-state index in [1.807, 2.05) is 49.4 Å². The number of aromatic nitrogens is 3. The minimum atomic E-state index is -0.315. The Morgan fingerprint density at radius 1 is 1.15 bits per heavy atom. The van der Waals surface area contributed by atoms with E-state index in [1.54, 1.807) is 17.9 Å². The molecule has 4 rings (SSSR count). The van der Waals surface area contributed by atoms with Crippen molar-refractivity contribution < 1.29 is 14.3 Å². The molecule has 1 amide bonds. The maximum atomic E-state index is 12.8. The molecule has 8 nitrogen and oxygen atoms in total. The van der Waals surface area contributed by atoms with Crippen molar-refractivity contribution in [3.05, 3.63) is 87.6 Å². The van der Waals surface area contributed by atoms with Gasteiger partial charge in [0.05, 0.1) is 31.1 Å². The van der Waals surface area contributed by atoms with Crippen molar-refractivity contribution in [3.63, 3.8) is 0 Å². The highest BCUT2D eigenvalue weighted by molar-refractivity contribution is 5.76. The summed E-state index contributed by atoms with van der Waals surface area (Å²) in [6.45, 7) is 5.58. The third-order valence-electron chi connectivity index (χ3n) is 5.48. The first kappa shape index (κ1) is 22.7. The minimum Gasteiger partial charge on any atom is -0.494 e. The van der Waals surface area contributed by atoms with Crippen LogP contribution in [0, 0.1) is 6.92 Å². The molecule has 0 radical (unpaired) electrons. The van der Waals surface area contributed by atoms with Gasteiger partial charge in [0.2, 0.25) is 5.91 Å². The average Bonchev–Trinajstić information content (AvgIpc) is 2.83. The Bertz CT molecular complexity index is 1160. The standard InChI is InChI=1S/C25H28N4O4/c1-3-32-21-10-8-19(9-11-21)15-20-5-4-6-22(26-20)23-16-28(13-14-33-23)25(31)17-29-24(30)12-7-18(2)27-29/h4-12,23H,3,13-17H2,1-2H3. The van der Waals surface area contributed by atoms with Crippen LogP contribution < -0.4 is 10.3 Å². The summed E-state index contributed by atoms with van der Waals surface area (Å²) in [5, 5.41) is 4.16. The molecule has 3 heterocycles. The molecule has 0 N–H and O–H groups in total. The average molecular weight is 449 g/mol. The molecule has 2 aromatic heterocycles. The molecule has 1 atom stereocenters. The number of carbonyl (C=O) groups is 1. The van der Waals surface area contributed by atoms with Gasteiger partial charge in [-0.25, -0.2) is 4.68 Å². The summed E-state index contributed by atoms with van der Waals surface area (Å²) >= 11 is 0. The number of nitrogens with zero attached hydrogens (tertiary/aromatic N) is 4. The number of rotatable bonds is 7. The molecular weight excluding hydrogens is 420 g/mol. The molecule has 1 aliphatic rings. The number of hydrogen-bond acceptors (Lipinski definition) is 6. The zero-order valence-electron chi connectivity index (χ0n) is 18.9. The second kappa shape index (κ2) is 10.4. The Morgan fingerprint density at radius 3 is 2.76 bits per heavy atom. The molecule has 0 spiro atoms. The predicted octanol–water partition coefficient (Wildman–Crippen LogP) is 2.54. The summed E-state index contributed by atoms with van der Waals surface area (Å²) in [5.74, 6) is 0.695. The Labute approximate surface area is 192 Å². The second-order valence-electron chi connectivity index (χ2n) is 7.98. The molecule has 3 aromatic rings. The van der Waals surface area contributed by atoms with Crippen LogP contribution in [0.5, 0.6) is 5.75 Å². The molecule has 1 aromatic carbocycles. The highest BCUT2D eigenvalue weighted by Gasteiger charge is 2.27. The molecule has 1 unspecified atom stereocenters. The van der Waals surface area contributed by atoms with Crippen LogP contribution in [-0.2, 0) is 22.5 Å². The SMILES string of the molecule is CCOc1ccc(Cc2cccc(C3CN(C(=O)Cn4nc(C)ccc4=O)CCO3)n2)cc1. The van der Waals surface area contributed by atoms with Gasteiger partial charge in [-0.2, -0.15) is 5.10 Å². The quantitative estimate of drug-likeness (QED) is 0.552. The fraction of sp³-hybridized carbons (Fsp3) is 0.360. The number of amides is 1. The first-order chi connectivity index (χ1) is 16.0. The van der Waals surface area contributed by atoms with E-state index in [1.165, 1.54) is 10.7 Å². The summed E-state index contributed by atoms with van der Waals surface area (Å²) in [6, 6.07) is 16.9. The van der Waals surface area contributed by atoms with Crippen LogP contribution in [0.3, 0.4) is 0 Å². The normalized spacial score (nSPS) is 15.9. The molecule has 0 saturated carbocycles. The molecule has 0 aliphatic carbocycles.